The Morgan fingerprint density at radius 2 is 1.90 bits per heavy atom. The smallest absolute Gasteiger partial charge is 0.360 e. The molecule has 3 aromatic rings. The Balaban J connectivity index is 1.32. The Hall–Kier alpha value is -3.01. The average Bonchev–Trinajstić information content (AvgIpc) is 3.29. The third-order valence-corrected chi connectivity index (χ3v) is 5.59. The second-order valence-corrected chi connectivity index (χ2v) is 7.83. The SMILES string of the molecule is O=C1Cc2cc(-c3nnc(NCCCc4ccc(C(F)(F)F)cc4)s3)c(F)cc2N1. The quantitative estimate of drug-likeness (QED) is 0.426. The van der Waals surface area contributed by atoms with E-state index in [1.54, 1.807) is 6.07 Å². The molecule has 5 nitrogen and oxygen atoms in total. The molecule has 1 aromatic heterocycles. The molecule has 156 valence electrons. The van der Waals surface area contributed by atoms with Crippen LogP contribution >= 0.6 is 11.3 Å². The van der Waals surface area contributed by atoms with E-state index in [4.69, 9.17) is 0 Å². The summed E-state index contributed by atoms with van der Waals surface area (Å²) in [6.45, 7) is 0.542. The summed E-state index contributed by atoms with van der Waals surface area (Å²) in [6, 6.07) is 8.00. The number of aromatic nitrogens is 2. The number of amides is 1. The summed E-state index contributed by atoms with van der Waals surface area (Å²) in [5, 5.41) is 14.6. The second-order valence-electron chi connectivity index (χ2n) is 6.85. The molecule has 2 N–H and O–H groups in total. The van der Waals surface area contributed by atoms with Gasteiger partial charge in [-0.3, -0.25) is 4.79 Å². The van der Waals surface area contributed by atoms with Crippen LogP contribution < -0.4 is 10.6 Å². The summed E-state index contributed by atoms with van der Waals surface area (Å²) in [5.74, 6) is -0.657. The van der Waals surface area contributed by atoms with Crippen molar-refractivity contribution in [2.45, 2.75) is 25.4 Å². The molecule has 1 aliphatic rings. The number of anilines is 2. The van der Waals surface area contributed by atoms with Crippen molar-refractivity contribution in [3.05, 3.63) is 58.9 Å². The molecule has 0 spiro atoms. The number of hydrogen-bond donors (Lipinski definition) is 2. The average molecular weight is 436 g/mol. The van der Waals surface area contributed by atoms with E-state index >= 15 is 0 Å². The van der Waals surface area contributed by atoms with Crippen LogP contribution in [-0.4, -0.2) is 22.6 Å². The van der Waals surface area contributed by atoms with E-state index in [2.05, 4.69) is 20.8 Å². The minimum atomic E-state index is -4.33. The first-order valence-corrected chi connectivity index (χ1v) is 9.97. The lowest BCUT2D eigenvalue weighted by Gasteiger charge is -2.07. The minimum absolute atomic E-state index is 0.172. The van der Waals surface area contributed by atoms with Crippen LogP contribution in [0.15, 0.2) is 36.4 Å². The lowest BCUT2D eigenvalue weighted by atomic mass is 10.1. The van der Waals surface area contributed by atoms with Gasteiger partial charge in [0.15, 0.2) is 5.01 Å². The summed E-state index contributed by atoms with van der Waals surface area (Å²) >= 11 is 1.19. The maximum atomic E-state index is 14.4. The summed E-state index contributed by atoms with van der Waals surface area (Å²) in [6.07, 6.45) is -2.84. The Labute approximate surface area is 173 Å². The predicted molar refractivity (Wildman–Crippen MR) is 106 cm³/mol. The van der Waals surface area contributed by atoms with E-state index in [9.17, 15) is 22.4 Å². The molecular formula is C20H16F4N4OS. The predicted octanol–water partition coefficient (Wildman–Crippen LogP) is 4.90. The summed E-state index contributed by atoms with van der Waals surface area (Å²) in [5.41, 5.74) is 1.64. The fourth-order valence-corrected chi connectivity index (χ4v) is 3.95. The number of benzene rings is 2. The van der Waals surface area contributed by atoms with Crippen molar-refractivity contribution < 1.29 is 22.4 Å². The van der Waals surface area contributed by atoms with E-state index in [0.717, 1.165) is 23.3 Å². The fourth-order valence-electron chi connectivity index (χ4n) is 3.16. The van der Waals surface area contributed by atoms with Crippen LogP contribution in [0, 0.1) is 5.82 Å². The maximum absolute atomic E-state index is 14.4. The maximum Gasteiger partial charge on any atom is 0.416 e. The number of rotatable bonds is 6. The number of hydrogen-bond acceptors (Lipinski definition) is 5. The number of carbonyl (C=O) groups is 1. The lowest BCUT2D eigenvalue weighted by Crippen LogP contribution is -2.05. The van der Waals surface area contributed by atoms with Crippen molar-refractivity contribution in [3.8, 4) is 10.6 Å². The van der Waals surface area contributed by atoms with Gasteiger partial charge in [0.25, 0.3) is 0 Å². The third kappa shape index (κ3) is 4.43. The number of carbonyl (C=O) groups excluding carboxylic acids is 1. The Bertz CT molecular complexity index is 1080. The molecule has 1 amide bonds. The molecule has 2 heterocycles. The van der Waals surface area contributed by atoms with Gasteiger partial charge in [-0.1, -0.05) is 23.5 Å². The Kier molecular flexibility index (Phi) is 5.42. The largest absolute Gasteiger partial charge is 0.416 e. The number of nitrogens with one attached hydrogen (secondary N) is 2. The standard InChI is InChI=1S/C20H16F4N4OS/c21-15-10-16-12(9-17(29)26-16)8-14(15)18-27-28-19(30-18)25-7-1-2-11-3-5-13(6-4-11)20(22,23)24/h3-6,8,10H,1-2,7,9H2,(H,25,28)(H,26,29). The summed E-state index contributed by atoms with van der Waals surface area (Å²) < 4.78 is 52.1. The highest BCUT2D eigenvalue weighted by molar-refractivity contribution is 7.18. The molecule has 0 fully saturated rings. The van der Waals surface area contributed by atoms with Crippen molar-refractivity contribution in [1.29, 1.82) is 0 Å². The van der Waals surface area contributed by atoms with Gasteiger partial charge in [-0.15, -0.1) is 10.2 Å². The normalized spacial score (nSPS) is 13.3. The fraction of sp³-hybridized carbons (Fsp3) is 0.250. The molecule has 10 heteroatoms. The zero-order valence-electron chi connectivity index (χ0n) is 15.5. The molecule has 0 radical (unpaired) electrons. The highest BCUT2D eigenvalue weighted by Gasteiger charge is 2.29. The highest BCUT2D eigenvalue weighted by atomic mass is 32.1. The van der Waals surface area contributed by atoms with E-state index in [-0.39, 0.29) is 12.3 Å². The van der Waals surface area contributed by atoms with Gasteiger partial charge in [-0.25, -0.2) is 4.39 Å². The second kappa shape index (κ2) is 8.02. The molecule has 0 unspecified atom stereocenters. The highest BCUT2D eigenvalue weighted by Crippen LogP contribution is 2.34. The van der Waals surface area contributed by atoms with Gasteiger partial charge in [0.2, 0.25) is 11.0 Å². The monoisotopic (exact) mass is 436 g/mol. The van der Waals surface area contributed by atoms with Crippen LogP contribution in [0.1, 0.15) is 23.1 Å². The zero-order valence-corrected chi connectivity index (χ0v) is 16.3. The van der Waals surface area contributed by atoms with E-state index in [1.165, 1.54) is 29.5 Å². The van der Waals surface area contributed by atoms with Gasteiger partial charge in [-0.2, -0.15) is 13.2 Å². The van der Waals surface area contributed by atoms with Crippen LogP contribution in [0.2, 0.25) is 0 Å². The number of nitrogens with zero attached hydrogens (tertiary/aromatic N) is 2. The molecule has 4 rings (SSSR count). The number of fused-ring (bicyclic) bond motifs is 1. The van der Waals surface area contributed by atoms with Crippen LogP contribution in [0.25, 0.3) is 10.6 Å². The van der Waals surface area contributed by atoms with Crippen molar-refractivity contribution in [1.82, 2.24) is 10.2 Å². The number of halogens is 4. The third-order valence-electron chi connectivity index (χ3n) is 4.67. The van der Waals surface area contributed by atoms with E-state index in [1.807, 2.05) is 0 Å². The molecule has 0 saturated carbocycles. The van der Waals surface area contributed by atoms with Gasteiger partial charge in [-0.05, 0) is 48.2 Å². The van der Waals surface area contributed by atoms with Gasteiger partial charge in [0, 0.05) is 17.8 Å². The molecule has 0 saturated heterocycles. The van der Waals surface area contributed by atoms with Crippen molar-refractivity contribution in [2.75, 3.05) is 17.2 Å². The minimum Gasteiger partial charge on any atom is -0.360 e. The van der Waals surface area contributed by atoms with Crippen LogP contribution in [0.4, 0.5) is 28.4 Å². The van der Waals surface area contributed by atoms with Crippen LogP contribution in [-0.2, 0) is 23.8 Å². The first kappa shape index (κ1) is 20.3. The Morgan fingerprint density at radius 3 is 2.63 bits per heavy atom. The number of alkyl halides is 3. The molecule has 30 heavy (non-hydrogen) atoms. The lowest BCUT2D eigenvalue weighted by molar-refractivity contribution is -0.137. The molecule has 0 aliphatic carbocycles. The van der Waals surface area contributed by atoms with Crippen molar-refractivity contribution in [2.24, 2.45) is 0 Å². The Morgan fingerprint density at radius 1 is 1.13 bits per heavy atom. The topological polar surface area (TPSA) is 66.9 Å². The van der Waals surface area contributed by atoms with Crippen LogP contribution in [0.5, 0.6) is 0 Å². The summed E-state index contributed by atoms with van der Waals surface area (Å²) in [7, 11) is 0. The van der Waals surface area contributed by atoms with Gasteiger partial charge in [0.05, 0.1) is 12.0 Å². The van der Waals surface area contributed by atoms with Crippen LogP contribution in [0.3, 0.4) is 0 Å². The molecule has 0 bridgehead atoms. The van der Waals surface area contributed by atoms with Crippen molar-refractivity contribution >= 4 is 28.1 Å². The summed E-state index contributed by atoms with van der Waals surface area (Å²) in [4.78, 5) is 11.5. The van der Waals surface area contributed by atoms with E-state index in [0.29, 0.717) is 40.8 Å². The number of aryl methyl sites for hydroxylation is 1. The van der Waals surface area contributed by atoms with Gasteiger partial charge < -0.3 is 10.6 Å². The van der Waals surface area contributed by atoms with Gasteiger partial charge in [0.1, 0.15) is 5.82 Å². The zero-order chi connectivity index (χ0) is 21.3. The van der Waals surface area contributed by atoms with Crippen molar-refractivity contribution in [3.63, 3.8) is 0 Å². The van der Waals surface area contributed by atoms with Gasteiger partial charge >= 0.3 is 6.18 Å². The van der Waals surface area contributed by atoms with E-state index < -0.39 is 17.6 Å². The first-order chi connectivity index (χ1) is 14.3. The first-order valence-electron chi connectivity index (χ1n) is 9.16. The molecular weight excluding hydrogens is 420 g/mol. The molecule has 0 atom stereocenters. The molecule has 2 aromatic carbocycles. The molecule has 1 aliphatic heterocycles.